The van der Waals surface area contributed by atoms with Gasteiger partial charge in [0.25, 0.3) is 5.91 Å². The monoisotopic (exact) mass is 522 g/mol. The van der Waals surface area contributed by atoms with E-state index in [-0.39, 0.29) is 24.4 Å². The van der Waals surface area contributed by atoms with Gasteiger partial charge in [0, 0.05) is 39.1 Å². The van der Waals surface area contributed by atoms with Gasteiger partial charge in [0.05, 0.1) is 5.69 Å². The molecule has 1 aliphatic carbocycles. The summed E-state index contributed by atoms with van der Waals surface area (Å²) in [6.45, 7) is -0.153. The lowest BCUT2D eigenvalue weighted by Gasteiger charge is -2.22. The molecule has 36 heavy (non-hydrogen) atoms. The molecule has 0 saturated heterocycles. The Balaban J connectivity index is 1.41. The molecule has 0 bridgehead atoms. The van der Waals surface area contributed by atoms with Crippen LogP contribution in [0.15, 0.2) is 79.0 Å². The number of benzene rings is 3. The highest BCUT2D eigenvalue weighted by molar-refractivity contribution is 6.31. The summed E-state index contributed by atoms with van der Waals surface area (Å²) < 4.78 is 15.0. The molecule has 9 heteroatoms. The van der Waals surface area contributed by atoms with Crippen molar-refractivity contribution in [2.75, 3.05) is 11.9 Å². The van der Waals surface area contributed by atoms with E-state index >= 15 is 0 Å². The molecule has 6 nitrogen and oxygen atoms in total. The number of hydrogen-bond donors (Lipinski definition) is 1. The lowest BCUT2D eigenvalue weighted by Crippen LogP contribution is -2.39. The molecular formula is C27H21Cl2FN4O2. The topological polar surface area (TPSA) is 67.2 Å². The first-order valence-electron chi connectivity index (χ1n) is 11.3. The molecule has 4 aromatic rings. The van der Waals surface area contributed by atoms with Gasteiger partial charge in [-0.15, -0.1) is 0 Å². The standard InChI is InChI=1S/C27H21Cl2FN4O2/c28-19-8-4-17(5-9-19)24-15-34(23-3-1-2-20(29)14-23)27(31-24)32-25(35)16-33(22-12-13-22)26(36)18-6-10-21(30)11-7-18/h1-11,14-15,22H,12-13,16H2,(H,31,32,35). The number of carbonyl (C=O) groups is 2. The molecule has 1 heterocycles. The van der Waals surface area contributed by atoms with Gasteiger partial charge >= 0.3 is 0 Å². The minimum absolute atomic E-state index is 0.0226. The second kappa shape index (κ2) is 10.1. The Labute approximate surface area is 217 Å². The minimum atomic E-state index is -0.424. The summed E-state index contributed by atoms with van der Waals surface area (Å²) in [6, 6.07) is 19.7. The van der Waals surface area contributed by atoms with Crippen molar-refractivity contribution in [1.29, 1.82) is 0 Å². The number of hydrogen-bond acceptors (Lipinski definition) is 3. The Morgan fingerprint density at radius 3 is 2.39 bits per heavy atom. The summed E-state index contributed by atoms with van der Waals surface area (Å²) in [5.74, 6) is -0.842. The third-order valence-corrected chi connectivity index (χ3v) is 6.32. The fourth-order valence-electron chi connectivity index (χ4n) is 3.88. The van der Waals surface area contributed by atoms with Crippen LogP contribution in [0.4, 0.5) is 10.3 Å². The van der Waals surface area contributed by atoms with Gasteiger partial charge in [-0.2, -0.15) is 0 Å². The van der Waals surface area contributed by atoms with E-state index in [0.29, 0.717) is 27.0 Å². The number of imidazole rings is 1. The molecule has 1 aromatic heterocycles. The Morgan fingerprint density at radius 2 is 1.72 bits per heavy atom. The molecule has 1 aliphatic rings. The van der Waals surface area contributed by atoms with Gasteiger partial charge in [-0.05, 0) is 67.4 Å². The third-order valence-electron chi connectivity index (χ3n) is 5.84. The maximum atomic E-state index is 13.3. The summed E-state index contributed by atoms with van der Waals surface area (Å²) in [7, 11) is 0. The zero-order valence-corrected chi connectivity index (χ0v) is 20.5. The number of halogens is 3. The first-order chi connectivity index (χ1) is 17.4. The summed E-state index contributed by atoms with van der Waals surface area (Å²) in [6.07, 6.45) is 3.43. The predicted molar refractivity (Wildman–Crippen MR) is 138 cm³/mol. The zero-order chi connectivity index (χ0) is 25.2. The van der Waals surface area contributed by atoms with Crippen molar-refractivity contribution < 1.29 is 14.0 Å². The maximum absolute atomic E-state index is 13.3. The predicted octanol–water partition coefficient (Wildman–Crippen LogP) is 6.23. The number of anilines is 1. The molecule has 0 unspecified atom stereocenters. The van der Waals surface area contributed by atoms with Gasteiger partial charge in [-0.25, -0.2) is 9.37 Å². The smallest absolute Gasteiger partial charge is 0.254 e. The van der Waals surface area contributed by atoms with Crippen molar-refractivity contribution in [2.24, 2.45) is 0 Å². The van der Waals surface area contributed by atoms with E-state index < -0.39 is 11.7 Å². The molecule has 1 fully saturated rings. The van der Waals surface area contributed by atoms with E-state index in [1.165, 1.54) is 29.2 Å². The van der Waals surface area contributed by atoms with Crippen LogP contribution in [0, 0.1) is 5.82 Å². The molecule has 5 rings (SSSR count). The average molecular weight is 523 g/mol. The third kappa shape index (κ3) is 5.42. The number of nitrogens with zero attached hydrogens (tertiary/aromatic N) is 3. The van der Waals surface area contributed by atoms with E-state index in [0.717, 1.165) is 18.4 Å². The summed E-state index contributed by atoms with van der Waals surface area (Å²) in [5, 5.41) is 3.99. The van der Waals surface area contributed by atoms with Crippen molar-refractivity contribution in [3.8, 4) is 16.9 Å². The first-order valence-corrected chi connectivity index (χ1v) is 12.1. The number of aromatic nitrogens is 2. The summed E-state index contributed by atoms with van der Waals surface area (Å²) in [5.41, 5.74) is 2.50. The Bertz CT molecular complexity index is 1420. The van der Waals surface area contributed by atoms with Gasteiger partial charge in [-0.3, -0.25) is 19.5 Å². The molecule has 2 amide bonds. The Hall–Kier alpha value is -3.68. The van der Waals surface area contributed by atoms with Crippen molar-refractivity contribution in [1.82, 2.24) is 14.5 Å². The second-order valence-electron chi connectivity index (χ2n) is 8.53. The second-order valence-corrected chi connectivity index (χ2v) is 9.40. The first kappa shape index (κ1) is 24.0. The van der Waals surface area contributed by atoms with Crippen LogP contribution in [0.1, 0.15) is 23.2 Å². The lowest BCUT2D eigenvalue weighted by atomic mass is 10.2. The molecule has 182 valence electrons. The molecule has 3 aromatic carbocycles. The maximum Gasteiger partial charge on any atom is 0.254 e. The van der Waals surface area contributed by atoms with Gasteiger partial charge < -0.3 is 4.90 Å². The van der Waals surface area contributed by atoms with E-state index in [9.17, 15) is 14.0 Å². The number of nitrogens with one attached hydrogen (secondary N) is 1. The van der Waals surface area contributed by atoms with Crippen molar-refractivity contribution in [3.63, 3.8) is 0 Å². The molecule has 1 saturated carbocycles. The summed E-state index contributed by atoms with van der Waals surface area (Å²) in [4.78, 5) is 32.3. The van der Waals surface area contributed by atoms with Gasteiger partial charge in [0.1, 0.15) is 12.4 Å². The zero-order valence-electron chi connectivity index (χ0n) is 19.0. The van der Waals surface area contributed by atoms with Crippen LogP contribution in [0.2, 0.25) is 10.0 Å². The Kier molecular flexibility index (Phi) is 6.76. The van der Waals surface area contributed by atoms with Crippen LogP contribution in [0.5, 0.6) is 0 Å². The highest BCUT2D eigenvalue weighted by Gasteiger charge is 2.34. The molecule has 1 N–H and O–H groups in total. The summed E-state index contributed by atoms with van der Waals surface area (Å²) >= 11 is 12.2. The van der Waals surface area contributed by atoms with Gasteiger partial charge in [-0.1, -0.05) is 41.4 Å². The van der Waals surface area contributed by atoms with Gasteiger partial charge in [0.2, 0.25) is 11.9 Å². The van der Waals surface area contributed by atoms with Crippen molar-refractivity contribution in [2.45, 2.75) is 18.9 Å². The fraction of sp³-hybridized carbons (Fsp3) is 0.148. The van der Waals surface area contributed by atoms with Crippen LogP contribution < -0.4 is 5.32 Å². The van der Waals surface area contributed by atoms with Crippen molar-refractivity contribution >= 4 is 41.0 Å². The number of carbonyl (C=O) groups excluding carboxylic acids is 2. The van der Waals surface area contributed by atoms with E-state index in [1.54, 1.807) is 41.1 Å². The molecular weight excluding hydrogens is 502 g/mol. The van der Waals surface area contributed by atoms with Crippen molar-refractivity contribution in [3.05, 3.63) is 100 Å². The molecule has 0 atom stereocenters. The largest absolute Gasteiger partial charge is 0.326 e. The molecule has 0 radical (unpaired) electrons. The van der Waals surface area contributed by atoms with E-state index in [2.05, 4.69) is 10.3 Å². The van der Waals surface area contributed by atoms with E-state index in [4.69, 9.17) is 23.2 Å². The Morgan fingerprint density at radius 1 is 1.00 bits per heavy atom. The van der Waals surface area contributed by atoms with Crippen LogP contribution in [0.25, 0.3) is 16.9 Å². The average Bonchev–Trinajstić information content (AvgIpc) is 3.63. The quantitative estimate of drug-likeness (QED) is 0.313. The van der Waals surface area contributed by atoms with Crippen LogP contribution in [-0.2, 0) is 4.79 Å². The number of amides is 2. The molecule has 0 spiro atoms. The van der Waals surface area contributed by atoms with E-state index in [1.807, 2.05) is 18.2 Å². The van der Waals surface area contributed by atoms with Crippen LogP contribution >= 0.6 is 23.2 Å². The van der Waals surface area contributed by atoms with Crippen LogP contribution in [0.3, 0.4) is 0 Å². The fourth-order valence-corrected chi connectivity index (χ4v) is 4.19. The number of rotatable bonds is 7. The normalized spacial score (nSPS) is 12.9. The highest BCUT2D eigenvalue weighted by Crippen LogP contribution is 2.29. The minimum Gasteiger partial charge on any atom is -0.326 e. The van der Waals surface area contributed by atoms with Crippen LogP contribution in [-0.4, -0.2) is 38.9 Å². The highest BCUT2D eigenvalue weighted by atomic mass is 35.5. The SMILES string of the molecule is O=C(CN(C(=O)c1ccc(F)cc1)C1CC1)Nc1nc(-c2ccc(Cl)cc2)cn1-c1cccc(Cl)c1. The molecule has 0 aliphatic heterocycles. The van der Waals surface area contributed by atoms with Gasteiger partial charge in [0.15, 0.2) is 0 Å². The lowest BCUT2D eigenvalue weighted by molar-refractivity contribution is -0.117.